The van der Waals surface area contributed by atoms with Crippen molar-refractivity contribution in [1.29, 1.82) is 0 Å². The first kappa shape index (κ1) is 25.5. The molecule has 7 nitrogen and oxygen atoms in total. The minimum atomic E-state index is -3.51. The van der Waals surface area contributed by atoms with E-state index in [1.54, 1.807) is 24.3 Å². The van der Waals surface area contributed by atoms with E-state index in [9.17, 15) is 13.2 Å². The highest BCUT2D eigenvalue weighted by Crippen LogP contribution is 2.30. The first-order valence-electron chi connectivity index (χ1n) is 11.0. The van der Waals surface area contributed by atoms with E-state index in [0.717, 1.165) is 24.8 Å². The fourth-order valence-corrected chi connectivity index (χ4v) is 4.25. The molecule has 0 fully saturated rings. The van der Waals surface area contributed by atoms with Gasteiger partial charge in [-0.05, 0) is 49.6 Å². The van der Waals surface area contributed by atoms with Crippen molar-refractivity contribution in [3.63, 3.8) is 0 Å². The summed E-state index contributed by atoms with van der Waals surface area (Å²) < 4.78 is 37.1. The van der Waals surface area contributed by atoms with Gasteiger partial charge in [0.25, 0.3) is 0 Å². The van der Waals surface area contributed by atoms with E-state index in [-0.39, 0.29) is 18.9 Å². The van der Waals surface area contributed by atoms with Crippen molar-refractivity contribution in [1.82, 2.24) is 5.32 Å². The van der Waals surface area contributed by atoms with Crippen LogP contribution in [-0.4, -0.2) is 46.9 Å². The number of benzene rings is 2. The second kappa shape index (κ2) is 13.0. The lowest BCUT2D eigenvalue weighted by Crippen LogP contribution is -2.33. The lowest BCUT2D eigenvalue weighted by molar-refractivity contribution is -0.121. The third-order valence-electron chi connectivity index (χ3n) is 4.75. The zero-order chi connectivity index (χ0) is 23.4. The van der Waals surface area contributed by atoms with E-state index in [4.69, 9.17) is 9.47 Å². The summed E-state index contributed by atoms with van der Waals surface area (Å²) in [5.41, 5.74) is 1.76. The van der Waals surface area contributed by atoms with Crippen molar-refractivity contribution in [2.45, 2.75) is 39.5 Å². The first-order valence-corrected chi connectivity index (χ1v) is 12.9. The van der Waals surface area contributed by atoms with Crippen molar-refractivity contribution in [3.05, 3.63) is 54.1 Å². The molecule has 0 heterocycles. The highest BCUT2D eigenvalue weighted by atomic mass is 32.2. The van der Waals surface area contributed by atoms with E-state index in [1.807, 2.05) is 19.1 Å². The van der Waals surface area contributed by atoms with Gasteiger partial charge in [0.15, 0.2) is 0 Å². The zero-order valence-electron chi connectivity index (χ0n) is 19.2. The quantitative estimate of drug-likeness (QED) is 0.432. The maximum absolute atomic E-state index is 12.3. The Morgan fingerprint density at radius 2 is 1.75 bits per heavy atom. The molecule has 0 aromatic heterocycles. The number of rotatable bonds is 14. The Kier molecular flexibility index (Phi) is 10.3. The van der Waals surface area contributed by atoms with Gasteiger partial charge in [-0.25, -0.2) is 8.42 Å². The predicted octanol–water partition coefficient (Wildman–Crippen LogP) is 3.78. The third kappa shape index (κ3) is 8.42. The van der Waals surface area contributed by atoms with Crippen molar-refractivity contribution < 1.29 is 22.7 Å². The maximum Gasteiger partial charge on any atom is 0.232 e. The summed E-state index contributed by atoms with van der Waals surface area (Å²) in [6.07, 6.45) is 3.91. The number of ether oxygens (including phenoxy) is 2. The molecule has 8 heteroatoms. The van der Waals surface area contributed by atoms with Gasteiger partial charge in [-0.15, -0.1) is 0 Å². The van der Waals surface area contributed by atoms with Gasteiger partial charge in [-0.3, -0.25) is 9.10 Å². The number of para-hydroxylation sites is 2. The highest BCUT2D eigenvalue weighted by Gasteiger charge is 2.21. The summed E-state index contributed by atoms with van der Waals surface area (Å²) in [6, 6.07) is 15.0. The summed E-state index contributed by atoms with van der Waals surface area (Å²) >= 11 is 0. The fraction of sp³-hybridized carbons (Fsp3) is 0.458. The van der Waals surface area contributed by atoms with Gasteiger partial charge >= 0.3 is 0 Å². The summed E-state index contributed by atoms with van der Waals surface area (Å²) in [5, 5.41) is 2.81. The number of nitrogens with one attached hydrogen (secondary N) is 1. The largest absolute Gasteiger partial charge is 0.492 e. The van der Waals surface area contributed by atoms with Gasteiger partial charge in [0.2, 0.25) is 15.9 Å². The van der Waals surface area contributed by atoms with Gasteiger partial charge in [0.1, 0.15) is 18.1 Å². The van der Waals surface area contributed by atoms with Gasteiger partial charge in [0.05, 0.1) is 25.1 Å². The maximum atomic E-state index is 12.3. The molecule has 2 aromatic rings. The van der Waals surface area contributed by atoms with Crippen LogP contribution < -0.4 is 19.1 Å². The fourth-order valence-electron chi connectivity index (χ4n) is 3.28. The zero-order valence-corrected chi connectivity index (χ0v) is 20.0. The van der Waals surface area contributed by atoms with Crippen LogP contribution in [0.4, 0.5) is 5.69 Å². The highest BCUT2D eigenvalue weighted by molar-refractivity contribution is 7.92. The van der Waals surface area contributed by atoms with Gasteiger partial charge in [-0.2, -0.15) is 0 Å². The molecular formula is C24H34N2O5S. The average molecular weight is 463 g/mol. The molecule has 0 aliphatic rings. The van der Waals surface area contributed by atoms with Gasteiger partial charge in [-0.1, -0.05) is 37.6 Å². The molecular weight excluding hydrogens is 428 g/mol. The molecule has 0 spiro atoms. The van der Waals surface area contributed by atoms with Crippen LogP contribution in [0.15, 0.2) is 48.5 Å². The Morgan fingerprint density at radius 1 is 1.03 bits per heavy atom. The molecule has 32 heavy (non-hydrogen) atoms. The Bertz CT molecular complexity index is 945. The Labute approximate surface area is 191 Å². The lowest BCUT2D eigenvalue weighted by Gasteiger charge is -2.24. The van der Waals surface area contributed by atoms with Gasteiger partial charge in [0, 0.05) is 13.0 Å². The molecule has 176 valence electrons. The molecule has 0 radical (unpaired) electrons. The van der Waals surface area contributed by atoms with E-state index in [2.05, 4.69) is 24.4 Å². The smallest absolute Gasteiger partial charge is 0.232 e. The first-order chi connectivity index (χ1) is 15.3. The normalized spacial score (nSPS) is 11.1. The van der Waals surface area contributed by atoms with Crippen molar-refractivity contribution >= 4 is 21.6 Å². The van der Waals surface area contributed by atoms with Crippen molar-refractivity contribution in [3.8, 4) is 11.5 Å². The summed E-state index contributed by atoms with van der Waals surface area (Å²) in [4.78, 5) is 12.1. The number of anilines is 1. The van der Waals surface area contributed by atoms with Crippen LogP contribution in [0.5, 0.6) is 11.5 Å². The number of sulfonamides is 1. The molecule has 1 amide bonds. The van der Waals surface area contributed by atoms with Crippen molar-refractivity contribution in [2.75, 3.05) is 36.9 Å². The number of hydrogen-bond donors (Lipinski definition) is 1. The van der Waals surface area contributed by atoms with Crippen LogP contribution >= 0.6 is 0 Å². The molecule has 0 bridgehead atoms. The number of amides is 1. The van der Waals surface area contributed by atoms with Crippen LogP contribution in [0.1, 0.15) is 38.7 Å². The van der Waals surface area contributed by atoms with E-state index in [0.29, 0.717) is 37.6 Å². The Hall–Kier alpha value is -2.74. The molecule has 2 aromatic carbocycles. The Balaban J connectivity index is 1.77. The number of carbonyl (C=O) groups excluding carboxylic acids is 1. The number of carbonyl (C=O) groups is 1. The molecule has 0 aliphatic carbocycles. The lowest BCUT2D eigenvalue weighted by atomic mass is 10.1. The molecule has 0 unspecified atom stereocenters. The van der Waals surface area contributed by atoms with Crippen LogP contribution in [0.2, 0.25) is 0 Å². The molecule has 0 saturated carbocycles. The van der Waals surface area contributed by atoms with Crippen LogP contribution in [0.25, 0.3) is 0 Å². The summed E-state index contributed by atoms with van der Waals surface area (Å²) in [7, 11) is -3.51. The van der Waals surface area contributed by atoms with Crippen LogP contribution in [0, 0.1) is 0 Å². The summed E-state index contributed by atoms with van der Waals surface area (Å²) in [6.45, 7) is 5.37. The molecule has 2 rings (SSSR count). The van der Waals surface area contributed by atoms with Crippen LogP contribution in [0.3, 0.4) is 0 Å². The van der Waals surface area contributed by atoms with Crippen molar-refractivity contribution in [2.24, 2.45) is 0 Å². The number of hydrogen-bond acceptors (Lipinski definition) is 5. The van der Waals surface area contributed by atoms with E-state index >= 15 is 0 Å². The topological polar surface area (TPSA) is 84.9 Å². The molecule has 0 saturated heterocycles. The van der Waals surface area contributed by atoms with Gasteiger partial charge < -0.3 is 14.8 Å². The third-order valence-corrected chi connectivity index (χ3v) is 5.93. The van der Waals surface area contributed by atoms with E-state index in [1.165, 1.54) is 9.87 Å². The monoisotopic (exact) mass is 462 g/mol. The molecule has 0 atom stereocenters. The molecule has 1 N–H and O–H groups in total. The minimum Gasteiger partial charge on any atom is -0.492 e. The number of nitrogens with zero attached hydrogens (tertiary/aromatic N) is 1. The van der Waals surface area contributed by atoms with Crippen LogP contribution in [-0.2, 0) is 21.2 Å². The SMILES string of the molecule is CCCc1ccc(OCCNC(=O)CCCN(c2ccccc2OCC)S(C)(=O)=O)cc1. The number of aryl methyl sites for hydroxylation is 1. The minimum absolute atomic E-state index is 0.140. The second-order valence-corrected chi connectivity index (χ2v) is 9.34. The standard InChI is InChI=1S/C24H34N2O5S/c1-4-9-20-13-15-21(16-14-20)31-19-17-25-24(27)12-8-18-26(32(3,28)29)22-10-6-7-11-23(22)30-5-2/h6-7,10-11,13-16H,4-5,8-9,12,17-19H2,1-3H3,(H,25,27). The molecule has 0 aliphatic heterocycles. The summed E-state index contributed by atoms with van der Waals surface area (Å²) in [5.74, 6) is 1.14. The Morgan fingerprint density at radius 3 is 2.41 bits per heavy atom. The van der Waals surface area contributed by atoms with E-state index < -0.39 is 10.0 Å². The second-order valence-electron chi connectivity index (χ2n) is 7.43. The average Bonchev–Trinajstić information content (AvgIpc) is 2.76. The predicted molar refractivity (Wildman–Crippen MR) is 128 cm³/mol.